The maximum atomic E-state index is 13.4. The van der Waals surface area contributed by atoms with Gasteiger partial charge in [-0.2, -0.15) is 9.78 Å². The van der Waals surface area contributed by atoms with E-state index in [9.17, 15) is 4.79 Å². The van der Waals surface area contributed by atoms with Crippen molar-refractivity contribution in [1.29, 1.82) is 0 Å². The van der Waals surface area contributed by atoms with E-state index in [1.807, 2.05) is 48.5 Å². The average Bonchev–Trinajstić information content (AvgIpc) is 3.13. The predicted molar refractivity (Wildman–Crippen MR) is 139 cm³/mol. The smallest absolute Gasteiger partial charge is 0.282 e. The van der Waals surface area contributed by atoms with Crippen molar-refractivity contribution >= 4 is 17.1 Å². The van der Waals surface area contributed by atoms with Crippen molar-refractivity contribution in [3.63, 3.8) is 0 Å². The second-order valence-corrected chi connectivity index (χ2v) is 8.63. The van der Waals surface area contributed by atoms with Crippen molar-refractivity contribution < 1.29 is 0 Å². The summed E-state index contributed by atoms with van der Waals surface area (Å²) in [6.07, 6.45) is 1.76. The Morgan fingerprint density at radius 3 is 2.38 bits per heavy atom. The Morgan fingerprint density at radius 2 is 1.59 bits per heavy atom. The normalized spacial score (nSPS) is 11.5. The summed E-state index contributed by atoms with van der Waals surface area (Å²) in [6.45, 7) is 8.39. The number of para-hydroxylation sites is 1. The van der Waals surface area contributed by atoms with Crippen LogP contribution in [0.25, 0.3) is 28.0 Å². The van der Waals surface area contributed by atoms with Crippen molar-refractivity contribution in [2.75, 3.05) is 0 Å². The molecule has 34 heavy (non-hydrogen) atoms. The van der Waals surface area contributed by atoms with Crippen molar-refractivity contribution in [2.24, 2.45) is 5.10 Å². The van der Waals surface area contributed by atoms with Crippen LogP contribution in [-0.2, 0) is 0 Å². The minimum atomic E-state index is -0.191. The zero-order valence-corrected chi connectivity index (χ0v) is 19.8. The highest BCUT2D eigenvalue weighted by Crippen LogP contribution is 2.24. The number of nitrogens with zero attached hydrogens (tertiary/aromatic N) is 4. The van der Waals surface area contributed by atoms with Gasteiger partial charge in [-0.05, 0) is 63.1 Å². The zero-order chi connectivity index (χ0) is 23.8. The lowest BCUT2D eigenvalue weighted by Crippen LogP contribution is -2.20. The summed E-state index contributed by atoms with van der Waals surface area (Å²) in [5.74, 6) is 0.517. The summed E-state index contributed by atoms with van der Waals surface area (Å²) >= 11 is 0. The van der Waals surface area contributed by atoms with Crippen molar-refractivity contribution in [3.05, 3.63) is 117 Å². The van der Waals surface area contributed by atoms with Gasteiger partial charge in [0.05, 0.1) is 17.1 Å². The molecule has 0 aliphatic rings. The van der Waals surface area contributed by atoms with E-state index in [1.165, 1.54) is 15.8 Å². The zero-order valence-electron chi connectivity index (χ0n) is 19.8. The molecule has 0 saturated carbocycles. The quantitative estimate of drug-likeness (QED) is 0.319. The monoisotopic (exact) mass is 446 g/mol. The molecule has 5 nitrogen and oxygen atoms in total. The van der Waals surface area contributed by atoms with E-state index in [2.05, 4.69) is 61.6 Å². The first-order chi connectivity index (χ1) is 16.4. The molecular weight excluding hydrogens is 420 g/mol. The van der Waals surface area contributed by atoms with E-state index in [0.717, 1.165) is 28.2 Å². The van der Waals surface area contributed by atoms with Crippen molar-refractivity contribution in [2.45, 2.75) is 27.7 Å². The Morgan fingerprint density at radius 1 is 0.853 bits per heavy atom. The third kappa shape index (κ3) is 3.75. The first-order valence-electron chi connectivity index (χ1n) is 11.3. The van der Waals surface area contributed by atoms with E-state index < -0.39 is 0 Å². The fourth-order valence-corrected chi connectivity index (χ4v) is 4.37. The van der Waals surface area contributed by atoms with Gasteiger partial charge in [0.25, 0.3) is 5.56 Å². The van der Waals surface area contributed by atoms with Gasteiger partial charge >= 0.3 is 0 Å². The molecule has 0 radical (unpaired) electrons. The third-order valence-electron chi connectivity index (χ3n) is 6.17. The third-order valence-corrected chi connectivity index (χ3v) is 6.17. The van der Waals surface area contributed by atoms with Gasteiger partial charge in [-0.3, -0.25) is 4.79 Å². The largest absolute Gasteiger partial charge is 0.318 e. The molecule has 5 heteroatoms. The minimum absolute atomic E-state index is 0.191. The van der Waals surface area contributed by atoms with E-state index in [4.69, 9.17) is 4.98 Å². The lowest BCUT2D eigenvalue weighted by molar-refractivity contribution is 0.829. The van der Waals surface area contributed by atoms with E-state index in [1.54, 1.807) is 12.3 Å². The lowest BCUT2D eigenvalue weighted by atomic mass is 10.1. The molecule has 0 spiro atoms. The molecule has 0 amide bonds. The molecule has 0 unspecified atom stereocenters. The van der Waals surface area contributed by atoms with Crippen molar-refractivity contribution in [1.82, 2.24) is 14.2 Å². The van der Waals surface area contributed by atoms with Crippen LogP contribution in [0, 0.1) is 27.7 Å². The maximum Gasteiger partial charge on any atom is 0.282 e. The second kappa shape index (κ2) is 8.60. The molecule has 168 valence electrons. The second-order valence-electron chi connectivity index (χ2n) is 8.63. The predicted octanol–water partition coefficient (Wildman–Crippen LogP) is 5.97. The molecule has 0 atom stereocenters. The molecule has 5 aromatic rings. The van der Waals surface area contributed by atoms with E-state index in [0.29, 0.717) is 16.7 Å². The number of fused-ring (bicyclic) bond motifs is 1. The summed E-state index contributed by atoms with van der Waals surface area (Å²) in [7, 11) is 0. The van der Waals surface area contributed by atoms with Gasteiger partial charge in [0.15, 0.2) is 5.82 Å². The van der Waals surface area contributed by atoms with Gasteiger partial charge in [0.1, 0.15) is 0 Å². The molecule has 0 bridgehead atoms. The van der Waals surface area contributed by atoms with Gasteiger partial charge in [-0.1, -0.05) is 54.6 Å². The molecule has 2 aromatic heterocycles. The van der Waals surface area contributed by atoms with Gasteiger partial charge in [-0.25, -0.2) is 4.98 Å². The van der Waals surface area contributed by atoms with Gasteiger partial charge in [0.2, 0.25) is 0 Å². The van der Waals surface area contributed by atoms with Gasteiger partial charge in [-0.15, -0.1) is 0 Å². The number of hydrogen-bond donors (Lipinski definition) is 0. The van der Waals surface area contributed by atoms with Crippen LogP contribution in [0.4, 0.5) is 0 Å². The highest BCUT2D eigenvalue weighted by molar-refractivity contribution is 5.83. The van der Waals surface area contributed by atoms with Crippen LogP contribution < -0.4 is 5.56 Å². The highest BCUT2D eigenvalue weighted by atomic mass is 16.1. The van der Waals surface area contributed by atoms with Crippen LogP contribution in [-0.4, -0.2) is 20.4 Å². The summed E-state index contributed by atoms with van der Waals surface area (Å²) in [5.41, 5.74) is 8.01. The molecule has 5 rings (SSSR count). The molecule has 2 heterocycles. The van der Waals surface area contributed by atoms with Crippen LogP contribution in [0.2, 0.25) is 0 Å². The van der Waals surface area contributed by atoms with Crippen LogP contribution in [0.5, 0.6) is 0 Å². The average molecular weight is 447 g/mol. The Balaban J connectivity index is 1.67. The van der Waals surface area contributed by atoms with Crippen LogP contribution in [0.1, 0.15) is 28.1 Å². The number of rotatable bonds is 4. The fraction of sp³-hybridized carbons (Fsp3) is 0.138. The first kappa shape index (κ1) is 21.6. The molecule has 0 aliphatic carbocycles. The number of aryl methyl sites for hydroxylation is 3. The minimum Gasteiger partial charge on any atom is -0.318 e. The number of aromatic nitrogens is 3. The molecule has 3 aromatic carbocycles. The number of hydrogen-bond acceptors (Lipinski definition) is 3. The Kier molecular flexibility index (Phi) is 5.46. The first-order valence-corrected chi connectivity index (χ1v) is 11.3. The maximum absolute atomic E-state index is 13.4. The molecule has 0 fully saturated rings. The lowest BCUT2D eigenvalue weighted by Gasteiger charge is -2.13. The summed E-state index contributed by atoms with van der Waals surface area (Å²) in [5, 5.41) is 5.20. The van der Waals surface area contributed by atoms with Crippen LogP contribution >= 0.6 is 0 Å². The van der Waals surface area contributed by atoms with E-state index in [-0.39, 0.29) is 5.56 Å². The summed E-state index contributed by atoms with van der Waals surface area (Å²) in [6, 6.07) is 25.6. The molecule has 0 saturated heterocycles. The summed E-state index contributed by atoms with van der Waals surface area (Å²) in [4.78, 5) is 18.2. The van der Waals surface area contributed by atoms with Crippen molar-refractivity contribution in [3.8, 4) is 17.1 Å². The van der Waals surface area contributed by atoms with Crippen LogP contribution in [0.15, 0.2) is 88.8 Å². The molecule has 0 N–H and O–H groups in total. The highest BCUT2D eigenvalue weighted by Gasteiger charge is 2.14. The molecular formula is C29H26N4O. The Bertz CT molecular complexity index is 1610. The SMILES string of the molecule is Cc1ccc(C)c(-n2c(C)cc(C=Nn3c(-c4ccccc4)nc4ccccc4c3=O)c2C)c1. The van der Waals surface area contributed by atoms with Crippen LogP contribution in [0.3, 0.4) is 0 Å². The Hall–Kier alpha value is -4.25. The van der Waals surface area contributed by atoms with Gasteiger partial charge in [0, 0.05) is 28.2 Å². The van der Waals surface area contributed by atoms with Gasteiger partial charge < -0.3 is 4.57 Å². The fourth-order valence-electron chi connectivity index (χ4n) is 4.37. The Labute approximate surface area is 198 Å². The number of benzene rings is 3. The topological polar surface area (TPSA) is 52.2 Å². The van der Waals surface area contributed by atoms with E-state index >= 15 is 0 Å². The molecule has 0 aliphatic heterocycles. The summed E-state index contributed by atoms with van der Waals surface area (Å²) < 4.78 is 3.64. The standard InChI is InChI=1S/C29H26N4O/c1-19-14-15-20(2)27(16-19)32-21(3)17-24(22(32)4)18-30-33-28(23-10-6-5-7-11-23)31-26-13-9-8-12-25(26)29(33)34/h5-18H,1-4H3.